The topological polar surface area (TPSA) is 98.7 Å². The summed E-state index contributed by atoms with van der Waals surface area (Å²) in [7, 11) is 0. The van der Waals surface area contributed by atoms with Crippen LogP contribution >= 0.6 is 0 Å². The van der Waals surface area contributed by atoms with E-state index in [1.54, 1.807) is 48.4 Å². The van der Waals surface area contributed by atoms with E-state index in [1.807, 2.05) is 19.1 Å². The summed E-state index contributed by atoms with van der Waals surface area (Å²) in [6, 6.07) is 12.3. The number of ether oxygens (including phenoxy) is 1. The van der Waals surface area contributed by atoms with Crippen molar-refractivity contribution >= 4 is 11.8 Å². The number of amides is 2. The highest BCUT2D eigenvalue weighted by Gasteiger charge is 2.14. The molecule has 2 aromatic carbocycles. The van der Waals surface area contributed by atoms with Crippen LogP contribution in [0.25, 0.3) is 11.3 Å². The van der Waals surface area contributed by atoms with E-state index in [0.29, 0.717) is 41.8 Å². The van der Waals surface area contributed by atoms with E-state index in [1.165, 1.54) is 6.92 Å². The van der Waals surface area contributed by atoms with Crippen molar-refractivity contribution in [2.45, 2.75) is 27.3 Å². The standard InChI is InChI=1S/C22H23N3O4/c1-4-25(15(3)26)13-18-6-5-17(22(23)27)11-20(18)29-19-9-7-16(8-10-19)21-12-24-14(2)28-21/h5-12H,4,13H2,1-3H3,(H2,23,27). The van der Waals surface area contributed by atoms with Crippen molar-refractivity contribution in [1.29, 1.82) is 0 Å². The largest absolute Gasteiger partial charge is 0.457 e. The third-order valence-corrected chi connectivity index (χ3v) is 4.53. The van der Waals surface area contributed by atoms with Crippen molar-refractivity contribution < 1.29 is 18.7 Å². The fraction of sp³-hybridized carbons (Fsp3) is 0.227. The van der Waals surface area contributed by atoms with Gasteiger partial charge in [-0.3, -0.25) is 9.59 Å². The Morgan fingerprint density at radius 1 is 1.17 bits per heavy atom. The molecule has 150 valence electrons. The van der Waals surface area contributed by atoms with Gasteiger partial charge >= 0.3 is 0 Å². The summed E-state index contributed by atoms with van der Waals surface area (Å²) in [5.41, 5.74) is 7.40. The van der Waals surface area contributed by atoms with E-state index < -0.39 is 5.91 Å². The number of rotatable bonds is 7. The lowest BCUT2D eigenvalue weighted by atomic mass is 10.1. The maximum atomic E-state index is 11.8. The molecule has 1 heterocycles. The summed E-state index contributed by atoms with van der Waals surface area (Å²) in [5.74, 6) is 1.74. The Balaban J connectivity index is 1.88. The van der Waals surface area contributed by atoms with Gasteiger partial charge < -0.3 is 19.8 Å². The summed E-state index contributed by atoms with van der Waals surface area (Å²) in [6.07, 6.45) is 1.67. The number of aryl methyl sites for hydroxylation is 1. The van der Waals surface area contributed by atoms with Gasteiger partial charge in [0.1, 0.15) is 11.5 Å². The Kier molecular flexibility index (Phi) is 5.97. The molecule has 2 N–H and O–H groups in total. The first-order valence-electron chi connectivity index (χ1n) is 9.26. The lowest BCUT2D eigenvalue weighted by molar-refractivity contribution is -0.129. The molecule has 0 unspecified atom stereocenters. The molecule has 0 atom stereocenters. The molecule has 7 heteroatoms. The number of oxazole rings is 1. The minimum absolute atomic E-state index is 0.0378. The minimum Gasteiger partial charge on any atom is -0.457 e. The van der Waals surface area contributed by atoms with Crippen LogP contribution in [0.4, 0.5) is 0 Å². The molecule has 0 aliphatic rings. The molecule has 7 nitrogen and oxygen atoms in total. The Hall–Kier alpha value is -3.61. The summed E-state index contributed by atoms with van der Waals surface area (Å²) in [6.45, 7) is 6.15. The number of carbonyl (C=O) groups is 2. The molecule has 2 amide bonds. The third kappa shape index (κ3) is 4.82. The Morgan fingerprint density at radius 3 is 2.45 bits per heavy atom. The second-order valence-electron chi connectivity index (χ2n) is 6.59. The highest BCUT2D eigenvalue weighted by Crippen LogP contribution is 2.30. The second-order valence-corrected chi connectivity index (χ2v) is 6.59. The maximum Gasteiger partial charge on any atom is 0.248 e. The molecule has 0 fully saturated rings. The number of carbonyl (C=O) groups excluding carboxylic acids is 2. The van der Waals surface area contributed by atoms with Gasteiger partial charge in [0.25, 0.3) is 0 Å². The van der Waals surface area contributed by atoms with Gasteiger partial charge in [-0.05, 0) is 43.3 Å². The molecule has 29 heavy (non-hydrogen) atoms. The van der Waals surface area contributed by atoms with Crippen LogP contribution in [0.1, 0.15) is 35.7 Å². The van der Waals surface area contributed by atoms with Gasteiger partial charge in [0, 0.05) is 43.6 Å². The predicted octanol–water partition coefficient (Wildman–Crippen LogP) is 3.91. The number of benzene rings is 2. The SMILES string of the molecule is CCN(Cc1ccc(C(N)=O)cc1Oc1ccc(-c2cnc(C)o2)cc1)C(C)=O. The molecule has 0 saturated heterocycles. The number of hydrogen-bond donors (Lipinski definition) is 1. The van der Waals surface area contributed by atoms with Gasteiger partial charge in [-0.2, -0.15) is 0 Å². The van der Waals surface area contributed by atoms with Crippen molar-refractivity contribution in [3.8, 4) is 22.8 Å². The highest BCUT2D eigenvalue weighted by molar-refractivity contribution is 5.93. The zero-order chi connectivity index (χ0) is 21.0. The van der Waals surface area contributed by atoms with Gasteiger partial charge in [-0.25, -0.2) is 4.98 Å². The number of primary amides is 1. The van der Waals surface area contributed by atoms with Crippen LogP contribution in [-0.4, -0.2) is 28.2 Å². The average molecular weight is 393 g/mol. The first kappa shape index (κ1) is 20.1. The normalized spacial score (nSPS) is 10.6. The second kappa shape index (κ2) is 8.60. The monoisotopic (exact) mass is 393 g/mol. The van der Waals surface area contributed by atoms with E-state index in [0.717, 1.165) is 11.1 Å². The zero-order valence-electron chi connectivity index (χ0n) is 16.6. The molecule has 0 spiro atoms. The number of hydrogen-bond acceptors (Lipinski definition) is 5. The number of nitrogens with zero attached hydrogens (tertiary/aromatic N) is 2. The number of nitrogens with two attached hydrogens (primary N) is 1. The molecule has 0 saturated carbocycles. The van der Waals surface area contributed by atoms with Crippen molar-refractivity contribution in [1.82, 2.24) is 9.88 Å². The quantitative estimate of drug-likeness (QED) is 0.656. The summed E-state index contributed by atoms with van der Waals surface area (Å²) < 4.78 is 11.6. The highest BCUT2D eigenvalue weighted by atomic mass is 16.5. The van der Waals surface area contributed by atoms with Crippen molar-refractivity contribution in [3.05, 3.63) is 65.7 Å². The van der Waals surface area contributed by atoms with Crippen LogP contribution in [-0.2, 0) is 11.3 Å². The molecule has 3 aromatic rings. The van der Waals surface area contributed by atoms with Crippen LogP contribution in [0.15, 0.2) is 53.1 Å². The number of aromatic nitrogens is 1. The molecule has 0 bridgehead atoms. The molecule has 1 aromatic heterocycles. The van der Waals surface area contributed by atoms with E-state index in [2.05, 4.69) is 4.98 Å². The Labute approximate surface area is 169 Å². The first-order chi connectivity index (χ1) is 13.9. The van der Waals surface area contributed by atoms with Crippen molar-refractivity contribution in [2.24, 2.45) is 5.73 Å². The minimum atomic E-state index is -0.545. The van der Waals surface area contributed by atoms with Crippen LogP contribution in [0.2, 0.25) is 0 Å². The van der Waals surface area contributed by atoms with Gasteiger partial charge in [0.2, 0.25) is 11.8 Å². The van der Waals surface area contributed by atoms with E-state index in [4.69, 9.17) is 14.9 Å². The lowest BCUT2D eigenvalue weighted by Crippen LogP contribution is -2.28. The third-order valence-electron chi connectivity index (χ3n) is 4.53. The van der Waals surface area contributed by atoms with E-state index >= 15 is 0 Å². The molecule has 0 radical (unpaired) electrons. The van der Waals surface area contributed by atoms with Crippen LogP contribution in [0.5, 0.6) is 11.5 Å². The van der Waals surface area contributed by atoms with E-state index in [-0.39, 0.29) is 5.91 Å². The molecule has 0 aliphatic heterocycles. The summed E-state index contributed by atoms with van der Waals surface area (Å²) in [4.78, 5) is 29.2. The van der Waals surface area contributed by atoms with Gasteiger partial charge in [-0.15, -0.1) is 0 Å². The van der Waals surface area contributed by atoms with Gasteiger partial charge in [-0.1, -0.05) is 6.07 Å². The molecular weight excluding hydrogens is 370 g/mol. The van der Waals surface area contributed by atoms with E-state index in [9.17, 15) is 9.59 Å². The Bertz CT molecular complexity index is 1020. The van der Waals surface area contributed by atoms with Gasteiger partial charge in [0.15, 0.2) is 11.7 Å². The van der Waals surface area contributed by atoms with Crippen molar-refractivity contribution in [3.63, 3.8) is 0 Å². The maximum absolute atomic E-state index is 11.8. The van der Waals surface area contributed by atoms with Crippen LogP contribution in [0.3, 0.4) is 0 Å². The van der Waals surface area contributed by atoms with Crippen LogP contribution in [0, 0.1) is 6.92 Å². The first-order valence-corrected chi connectivity index (χ1v) is 9.26. The zero-order valence-corrected chi connectivity index (χ0v) is 16.6. The van der Waals surface area contributed by atoms with Crippen LogP contribution < -0.4 is 10.5 Å². The average Bonchev–Trinajstić information content (AvgIpc) is 3.13. The lowest BCUT2D eigenvalue weighted by Gasteiger charge is -2.21. The smallest absolute Gasteiger partial charge is 0.248 e. The summed E-state index contributed by atoms with van der Waals surface area (Å²) >= 11 is 0. The Morgan fingerprint density at radius 2 is 1.90 bits per heavy atom. The van der Waals surface area contributed by atoms with Gasteiger partial charge in [0.05, 0.1) is 6.20 Å². The van der Waals surface area contributed by atoms with Crippen molar-refractivity contribution in [2.75, 3.05) is 6.54 Å². The fourth-order valence-corrected chi connectivity index (χ4v) is 2.89. The summed E-state index contributed by atoms with van der Waals surface area (Å²) in [5, 5.41) is 0. The molecule has 3 rings (SSSR count). The molecule has 0 aliphatic carbocycles. The predicted molar refractivity (Wildman–Crippen MR) is 108 cm³/mol. The fourth-order valence-electron chi connectivity index (χ4n) is 2.89. The molecular formula is C22H23N3O4.